The van der Waals surface area contributed by atoms with Gasteiger partial charge in [0.2, 0.25) is 0 Å². The number of thiazole rings is 1. The SMILES string of the molecule is CCOCCCN(CC(C)C(=O)O)C(=O)c1csc(C(C)(C)C)n1. The zero-order valence-corrected chi connectivity index (χ0v) is 16.0. The molecule has 0 bridgehead atoms. The van der Waals surface area contributed by atoms with E-state index in [1.807, 2.05) is 27.7 Å². The zero-order chi connectivity index (χ0) is 18.3. The van der Waals surface area contributed by atoms with Crippen LogP contribution in [0.2, 0.25) is 0 Å². The highest BCUT2D eigenvalue weighted by Gasteiger charge is 2.25. The van der Waals surface area contributed by atoms with Gasteiger partial charge >= 0.3 is 5.97 Å². The van der Waals surface area contributed by atoms with Gasteiger partial charge in [0.15, 0.2) is 0 Å². The van der Waals surface area contributed by atoms with E-state index in [4.69, 9.17) is 9.84 Å². The van der Waals surface area contributed by atoms with E-state index in [-0.39, 0.29) is 17.9 Å². The van der Waals surface area contributed by atoms with E-state index in [1.165, 1.54) is 11.3 Å². The minimum absolute atomic E-state index is 0.114. The number of amides is 1. The smallest absolute Gasteiger partial charge is 0.308 e. The van der Waals surface area contributed by atoms with Crippen molar-refractivity contribution >= 4 is 23.2 Å². The van der Waals surface area contributed by atoms with E-state index in [9.17, 15) is 9.59 Å². The van der Waals surface area contributed by atoms with Crippen LogP contribution < -0.4 is 0 Å². The average Bonchev–Trinajstić information content (AvgIpc) is 2.99. The monoisotopic (exact) mass is 356 g/mol. The number of ether oxygens (including phenoxy) is 1. The van der Waals surface area contributed by atoms with Crippen molar-refractivity contribution in [2.75, 3.05) is 26.3 Å². The minimum atomic E-state index is -0.911. The van der Waals surface area contributed by atoms with Crippen molar-refractivity contribution in [2.24, 2.45) is 5.92 Å². The minimum Gasteiger partial charge on any atom is -0.481 e. The van der Waals surface area contributed by atoms with Gasteiger partial charge in [-0.2, -0.15) is 0 Å². The van der Waals surface area contributed by atoms with E-state index >= 15 is 0 Å². The molecule has 1 unspecified atom stereocenters. The molecule has 6 nitrogen and oxygen atoms in total. The van der Waals surface area contributed by atoms with Crippen LogP contribution >= 0.6 is 11.3 Å². The van der Waals surface area contributed by atoms with Crippen molar-refractivity contribution in [3.8, 4) is 0 Å². The molecule has 7 heteroatoms. The number of rotatable bonds is 9. The lowest BCUT2D eigenvalue weighted by Gasteiger charge is -2.24. The van der Waals surface area contributed by atoms with Gasteiger partial charge in [0.25, 0.3) is 5.91 Å². The molecule has 0 saturated heterocycles. The van der Waals surface area contributed by atoms with Crippen LogP contribution in [-0.4, -0.2) is 53.2 Å². The highest BCUT2D eigenvalue weighted by Crippen LogP contribution is 2.26. The van der Waals surface area contributed by atoms with Crippen molar-refractivity contribution in [1.29, 1.82) is 0 Å². The van der Waals surface area contributed by atoms with E-state index in [0.29, 0.717) is 31.9 Å². The van der Waals surface area contributed by atoms with Gasteiger partial charge in [-0.1, -0.05) is 27.7 Å². The van der Waals surface area contributed by atoms with E-state index < -0.39 is 11.9 Å². The fourth-order valence-corrected chi connectivity index (χ4v) is 2.95. The van der Waals surface area contributed by atoms with E-state index in [0.717, 1.165) is 5.01 Å². The summed E-state index contributed by atoms with van der Waals surface area (Å²) in [7, 11) is 0. The van der Waals surface area contributed by atoms with Crippen LogP contribution in [0.4, 0.5) is 0 Å². The van der Waals surface area contributed by atoms with Gasteiger partial charge in [-0.05, 0) is 13.3 Å². The first kappa shape index (κ1) is 20.6. The number of hydrogen-bond donors (Lipinski definition) is 1. The maximum atomic E-state index is 12.7. The highest BCUT2D eigenvalue weighted by atomic mass is 32.1. The molecule has 1 atom stereocenters. The third-order valence-corrected chi connectivity index (χ3v) is 4.76. The second-order valence-corrected chi connectivity index (χ2v) is 7.69. The predicted molar refractivity (Wildman–Crippen MR) is 94.6 cm³/mol. The predicted octanol–water partition coefficient (Wildman–Crippen LogP) is 3.03. The first-order valence-corrected chi connectivity index (χ1v) is 9.10. The summed E-state index contributed by atoms with van der Waals surface area (Å²) >= 11 is 1.46. The summed E-state index contributed by atoms with van der Waals surface area (Å²) in [5.74, 6) is -1.75. The Morgan fingerprint density at radius 2 is 2.08 bits per heavy atom. The highest BCUT2D eigenvalue weighted by molar-refractivity contribution is 7.10. The summed E-state index contributed by atoms with van der Waals surface area (Å²) in [6.45, 7) is 11.5. The molecule has 0 spiro atoms. The van der Waals surface area contributed by atoms with Gasteiger partial charge in [0.05, 0.1) is 10.9 Å². The summed E-state index contributed by atoms with van der Waals surface area (Å²) in [5, 5.41) is 11.8. The lowest BCUT2D eigenvalue weighted by molar-refractivity contribution is -0.141. The number of carbonyl (C=O) groups is 2. The Morgan fingerprint density at radius 1 is 1.42 bits per heavy atom. The zero-order valence-electron chi connectivity index (χ0n) is 15.2. The number of aromatic nitrogens is 1. The van der Waals surface area contributed by atoms with Crippen LogP contribution in [0.1, 0.15) is 56.5 Å². The molecule has 0 aliphatic rings. The molecule has 1 heterocycles. The van der Waals surface area contributed by atoms with Crippen LogP contribution in [0.3, 0.4) is 0 Å². The van der Waals surface area contributed by atoms with Gasteiger partial charge in [-0.15, -0.1) is 11.3 Å². The Kier molecular flexibility index (Phi) is 7.83. The quantitative estimate of drug-likeness (QED) is 0.688. The third-order valence-electron chi connectivity index (χ3n) is 3.49. The van der Waals surface area contributed by atoms with Gasteiger partial charge in [-0.25, -0.2) is 4.98 Å². The average molecular weight is 356 g/mol. The molecular weight excluding hydrogens is 328 g/mol. The molecule has 1 N–H and O–H groups in total. The van der Waals surface area contributed by atoms with E-state index in [2.05, 4.69) is 4.98 Å². The number of hydrogen-bond acceptors (Lipinski definition) is 5. The van der Waals surface area contributed by atoms with Crippen molar-refractivity contribution in [3.05, 3.63) is 16.1 Å². The molecule has 136 valence electrons. The van der Waals surface area contributed by atoms with Gasteiger partial charge in [-0.3, -0.25) is 9.59 Å². The molecule has 1 aromatic rings. The summed E-state index contributed by atoms with van der Waals surface area (Å²) < 4.78 is 5.30. The topological polar surface area (TPSA) is 79.7 Å². The summed E-state index contributed by atoms with van der Waals surface area (Å²) in [5.41, 5.74) is 0.274. The maximum absolute atomic E-state index is 12.7. The van der Waals surface area contributed by atoms with Crippen LogP contribution in [-0.2, 0) is 14.9 Å². The summed E-state index contributed by atoms with van der Waals surface area (Å²) in [4.78, 5) is 29.9. The Morgan fingerprint density at radius 3 is 2.58 bits per heavy atom. The molecule has 1 amide bonds. The van der Waals surface area contributed by atoms with Crippen LogP contribution in [0.15, 0.2) is 5.38 Å². The number of carboxylic acids is 1. The second-order valence-electron chi connectivity index (χ2n) is 6.83. The normalized spacial score (nSPS) is 12.9. The standard InChI is InChI=1S/C17H28N2O4S/c1-6-23-9-7-8-19(10-12(2)15(21)22)14(20)13-11-24-16(18-13)17(3,4)5/h11-12H,6-10H2,1-5H3,(H,21,22). The molecule has 0 aromatic carbocycles. The Labute approximate surface area is 147 Å². The first-order valence-electron chi connectivity index (χ1n) is 8.22. The van der Waals surface area contributed by atoms with Crippen molar-refractivity contribution in [2.45, 2.75) is 46.5 Å². The number of aliphatic carboxylic acids is 1. The number of carboxylic acid groups (broad SMARTS) is 1. The molecule has 1 aromatic heterocycles. The number of nitrogens with zero attached hydrogens (tertiary/aromatic N) is 2. The Bertz CT molecular complexity index is 551. The molecule has 0 aliphatic carbocycles. The van der Waals surface area contributed by atoms with Crippen molar-refractivity contribution in [3.63, 3.8) is 0 Å². The molecular formula is C17H28N2O4S. The lowest BCUT2D eigenvalue weighted by atomic mass is 9.98. The maximum Gasteiger partial charge on any atom is 0.308 e. The molecule has 0 radical (unpaired) electrons. The first-order chi connectivity index (χ1) is 11.2. The summed E-state index contributed by atoms with van der Waals surface area (Å²) in [6, 6.07) is 0. The molecule has 0 aliphatic heterocycles. The second kappa shape index (κ2) is 9.13. The Hall–Kier alpha value is -1.47. The number of carbonyl (C=O) groups excluding carboxylic acids is 1. The van der Waals surface area contributed by atoms with Crippen LogP contribution in [0, 0.1) is 5.92 Å². The lowest BCUT2D eigenvalue weighted by Crippen LogP contribution is -2.38. The van der Waals surface area contributed by atoms with E-state index in [1.54, 1.807) is 17.2 Å². The molecule has 24 heavy (non-hydrogen) atoms. The fraction of sp³-hybridized carbons (Fsp3) is 0.706. The van der Waals surface area contributed by atoms with Crippen molar-refractivity contribution < 1.29 is 19.4 Å². The van der Waals surface area contributed by atoms with Crippen LogP contribution in [0.5, 0.6) is 0 Å². The van der Waals surface area contributed by atoms with Gasteiger partial charge < -0.3 is 14.7 Å². The molecule has 0 fully saturated rings. The van der Waals surface area contributed by atoms with Crippen molar-refractivity contribution in [1.82, 2.24) is 9.88 Å². The van der Waals surface area contributed by atoms with Gasteiger partial charge in [0, 0.05) is 37.1 Å². The van der Waals surface area contributed by atoms with Crippen LogP contribution in [0.25, 0.3) is 0 Å². The fourth-order valence-electron chi connectivity index (χ4n) is 2.06. The largest absolute Gasteiger partial charge is 0.481 e. The summed E-state index contributed by atoms with van der Waals surface area (Å²) in [6.07, 6.45) is 0.669. The third kappa shape index (κ3) is 6.20. The molecule has 1 rings (SSSR count). The van der Waals surface area contributed by atoms with Gasteiger partial charge in [0.1, 0.15) is 5.69 Å². The molecule has 0 saturated carbocycles. The Balaban J connectivity index is 2.85.